The van der Waals surface area contributed by atoms with Gasteiger partial charge in [-0.1, -0.05) is 24.3 Å². The van der Waals surface area contributed by atoms with E-state index in [1.807, 2.05) is 6.92 Å². The molecule has 1 amide bonds. The summed E-state index contributed by atoms with van der Waals surface area (Å²) in [4.78, 5) is 30.6. The normalized spacial score (nSPS) is 16.7. The Morgan fingerprint density at radius 1 is 1.31 bits per heavy atom. The van der Waals surface area contributed by atoms with Gasteiger partial charge in [-0.3, -0.25) is 9.69 Å². The largest absolute Gasteiger partial charge is 0.493 e. The van der Waals surface area contributed by atoms with Gasteiger partial charge in [0, 0.05) is 7.05 Å². The van der Waals surface area contributed by atoms with Gasteiger partial charge in [-0.25, -0.2) is 4.79 Å². The average Bonchev–Trinajstić information content (AvgIpc) is 3.27. The summed E-state index contributed by atoms with van der Waals surface area (Å²) in [6, 6.07) is 3.16. The van der Waals surface area contributed by atoms with Crippen molar-refractivity contribution < 1.29 is 24.2 Å². The molecule has 0 unspecified atom stereocenters. The quantitative estimate of drug-likeness (QED) is 0.690. The molecule has 3 rings (SSSR count). The maximum Gasteiger partial charge on any atom is 0.340 e. The lowest BCUT2D eigenvalue weighted by atomic mass is 10.0. The average molecular weight is 434 g/mol. The van der Waals surface area contributed by atoms with Crippen LogP contribution in [0.5, 0.6) is 11.5 Å². The number of hydrogen-bond donors (Lipinski definition) is 1. The lowest BCUT2D eigenvalue weighted by Crippen LogP contribution is -2.23. The third-order valence-electron chi connectivity index (χ3n) is 4.03. The van der Waals surface area contributed by atoms with Gasteiger partial charge >= 0.3 is 5.97 Å². The summed E-state index contributed by atoms with van der Waals surface area (Å²) in [5, 5.41) is 19.4. The Balaban J connectivity index is 2.01. The van der Waals surface area contributed by atoms with Crippen LogP contribution in [0.4, 0.5) is 5.13 Å². The number of aromatic carboxylic acids is 1. The van der Waals surface area contributed by atoms with Crippen molar-refractivity contribution in [1.82, 2.24) is 15.1 Å². The third-order valence-corrected chi connectivity index (χ3v) is 6.05. The number of carbonyl (C=O) groups excluding carboxylic acids is 1. The molecule has 1 aromatic heterocycles. The van der Waals surface area contributed by atoms with Crippen molar-refractivity contribution >= 4 is 51.4 Å². The van der Waals surface area contributed by atoms with Crippen LogP contribution in [0.2, 0.25) is 0 Å². The number of ether oxygens (including phenoxy) is 2. The molecule has 11 heteroatoms. The predicted molar refractivity (Wildman–Crippen MR) is 111 cm³/mol. The maximum atomic E-state index is 12.7. The maximum absolute atomic E-state index is 12.7. The molecule has 1 fully saturated rings. The minimum Gasteiger partial charge on any atom is -0.493 e. The molecule has 1 N–H and O–H groups in total. The second kappa shape index (κ2) is 8.62. The lowest BCUT2D eigenvalue weighted by Gasteiger charge is -2.12. The van der Waals surface area contributed by atoms with E-state index in [0.29, 0.717) is 26.5 Å². The highest BCUT2D eigenvalue weighted by atomic mass is 32.2. The number of rotatable bonds is 6. The number of amides is 1. The molecule has 29 heavy (non-hydrogen) atoms. The number of likely N-dealkylation sites (N-methyl/N-ethyl adjacent to an activating group) is 1. The van der Waals surface area contributed by atoms with Crippen LogP contribution >= 0.6 is 23.1 Å². The molecule has 9 nitrogen and oxygen atoms in total. The lowest BCUT2D eigenvalue weighted by molar-refractivity contribution is -0.121. The SMILES string of the molecule is CCc1nnc(/N=C2/S/C(=C/c3ccc(OC)c(OC)c3C(=O)O)C(=O)N2C)s1. The summed E-state index contributed by atoms with van der Waals surface area (Å²) in [6.07, 6.45) is 2.27. The number of carboxylic acid groups (broad SMARTS) is 1. The minimum atomic E-state index is -1.19. The number of amidine groups is 1. The molecule has 1 aromatic carbocycles. The number of aryl methyl sites for hydroxylation is 1. The number of carbonyl (C=O) groups is 2. The summed E-state index contributed by atoms with van der Waals surface area (Å²) in [5.74, 6) is -1.10. The van der Waals surface area contributed by atoms with Gasteiger partial charge in [0.1, 0.15) is 10.6 Å². The van der Waals surface area contributed by atoms with Gasteiger partial charge < -0.3 is 14.6 Å². The van der Waals surface area contributed by atoms with Gasteiger partial charge in [-0.2, -0.15) is 4.99 Å². The predicted octanol–water partition coefficient (Wildman–Crippen LogP) is 3.05. The van der Waals surface area contributed by atoms with E-state index in [2.05, 4.69) is 15.2 Å². The van der Waals surface area contributed by atoms with Crippen LogP contribution in [0, 0.1) is 0 Å². The number of nitrogens with zero attached hydrogens (tertiary/aromatic N) is 4. The second-order valence-electron chi connectivity index (χ2n) is 5.77. The second-order valence-corrected chi connectivity index (χ2v) is 7.82. The Hall–Kier alpha value is -2.92. The highest BCUT2D eigenvalue weighted by Crippen LogP contribution is 2.38. The fourth-order valence-corrected chi connectivity index (χ4v) is 4.26. The number of carboxylic acids is 1. The van der Waals surface area contributed by atoms with Crippen molar-refractivity contribution in [2.45, 2.75) is 13.3 Å². The number of thioether (sulfide) groups is 1. The fourth-order valence-electron chi connectivity index (χ4n) is 2.59. The van der Waals surface area contributed by atoms with Crippen molar-refractivity contribution in [3.8, 4) is 11.5 Å². The number of methoxy groups -OCH3 is 2. The number of aromatic nitrogens is 2. The van der Waals surface area contributed by atoms with E-state index in [9.17, 15) is 14.7 Å². The first kappa shape index (κ1) is 20.8. The Morgan fingerprint density at radius 2 is 2.07 bits per heavy atom. The molecule has 152 valence electrons. The van der Waals surface area contributed by atoms with Crippen LogP contribution in [0.3, 0.4) is 0 Å². The van der Waals surface area contributed by atoms with Gasteiger partial charge in [0.05, 0.1) is 19.1 Å². The summed E-state index contributed by atoms with van der Waals surface area (Å²) >= 11 is 2.49. The summed E-state index contributed by atoms with van der Waals surface area (Å²) in [7, 11) is 4.39. The van der Waals surface area contributed by atoms with Gasteiger partial charge in [0.2, 0.25) is 5.13 Å². The van der Waals surface area contributed by atoms with Crippen LogP contribution in [0.15, 0.2) is 22.0 Å². The molecule has 1 aliphatic rings. The number of benzene rings is 1. The van der Waals surface area contributed by atoms with Crippen LogP contribution in [0.1, 0.15) is 27.9 Å². The fraction of sp³-hybridized carbons (Fsp3) is 0.278. The van der Waals surface area contributed by atoms with Gasteiger partial charge in [0.25, 0.3) is 5.91 Å². The van der Waals surface area contributed by atoms with Crippen LogP contribution in [-0.4, -0.2) is 58.5 Å². The summed E-state index contributed by atoms with van der Waals surface area (Å²) in [6.45, 7) is 1.97. The highest BCUT2D eigenvalue weighted by molar-refractivity contribution is 8.18. The summed E-state index contributed by atoms with van der Waals surface area (Å²) in [5.41, 5.74) is 0.238. The molecule has 1 aliphatic heterocycles. The monoisotopic (exact) mass is 434 g/mol. The third kappa shape index (κ3) is 4.10. The first-order chi connectivity index (χ1) is 13.9. The van der Waals surface area contributed by atoms with Crippen LogP contribution in [-0.2, 0) is 11.2 Å². The molecule has 0 radical (unpaired) electrons. The van der Waals surface area contributed by atoms with E-state index < -0.39 is 5.97 Å². The molecule has 2 aromatic rings. The van der Waals surface area contributed by atoms with Crippen molar-refractivity contribution in [1.29, 1.82) is 0 Å². The van der Waals surface area contributed by atoms with E-state index in [1.54, 1.807) is 19.2 Å². The smallest absolute Gasteiger partial charge is 0.340 e. The van der Waals surface area contributed by atoms with Gasteiger partial charge in [0.15, 0.2) is 16.7 Å². The molecule has 0 bridgehead atoms. The van der Waals surface area contributed by atoms with E-state index in [1.165, 1.54) is 36.5 Å². The topological polar surface area (TPSA) is 114 Å². The Labute approximate surface area is 175 Å². The van der Waals surface area contributed by atoms with E-state index in [0.717, 1.165) is 23.2 Å². The molecular formula is C18H18N4O5S2. The van der Waals surface area contributed by atoms with Crippen molar-refractivity contribution in [2.75, 3.05) is 21.3 Å². The molecule has 1 saturated heterocycles. The zero-order valence-corrected chi connectivity index (χ0v) is 17.8. The standard InChI is InChI=1S/C18H18N4O5S2/c1-5-12-20-21-17(29-12)19-18-22(2)15(23)11(28-18)8-9-6-7-10(26-3)14(27-4)13(9)16(24)25/h6-8H,5H2,1-4H3,(H,24,25)/b11-8+,19-18+. The molecular weight excluding hydrogens is 416 g/mol. The van der Waals surface area contributed by atoms with E-state index in [4.69, 9.17) is 9.47 Å². The van der Waals surface area contributed by atoms with Crippen molar-refractivity contribution in [3.05, 3.63) is 33.2 Å². The Morgan fingerprint density at radius 3 is 2.66 bits per heavy atom. The van der Waals surface area contributed by atoms with Crippen molar-refractivity contribution in [3.63, 3.8) is 0 Å². The highest BCUT2D eigenvalue weighted by Gasteiger charge is 2.31. The zero-order chi connectivity index (χ0) is 21.1. The first-order valence-corrected chi connectivity index (χ1v) is 10.1. The molecule has 0 spiro atoms. The number of aliphatic imine (C=N–C) groups is 1. The Kier molecular flexibility index (Phi) is 6.18. The zero-order valence-electron chi connectivity index (χ0n) is 16.1. The minimum absolute atomic E-state index is 0.0856. The molecule has 2 heterocycles. The molecule has 0 aliphatic carbocycles. The van der Waals surface area contributed by atoms with Crippen LogP contribution < -0.4 is 9.47 Å². The molecule has 0 saturated carbocycles. The van der Waals surface area contributed by atoms with Crippen molar-refractivity contribution in [2.24, 2.45) is 4.99 Å². The molecule has 0 atom stereocenters. The van der Waals surface area contributed by atoms with E-state index >= 15 is 0 Å². The van der Waals surface area contributed by atoms with E-state index in [-0.39, 0.29) is 17.2 Å². The Bertz CT molecular complexity index is 1030. The number of hydrogen-bond acceptors (Lipinski definition) is 9. The van der Waals surface area contributed by atoms with Crippen LogP contribution in [0.25, 0.3) is 6.08 Å². The first-order valence-electron chi connectivity index (χ1n) is 8.46. The van der Waals surface area contributed by atoms with Gasteiger partial charge in [-0.05, 0) is 35.9 Å². The summed E-state index contributed by atoms with van der Waals surface area (Å²) < 4.78 is 10.4. The van der Waals surface area contributed by atoms with Gasteiger partial charge in [-0.15, -0.1) is 10.2 Å².